The van der Waals surface area contributed by atoms with Gasteiger partial charge in [-0.15, -0.1) is 0 Å². The standard InChI is InChI=1S/C16H24N2/c1-7-11(4)16-12(5)8-14-13(9-17-18(14)6)15(16)10(2)3/h8-11H,7H2,1-6H3. The molecule has 0 amide bonds. The number of aryl methyl sites for hydroxylation is 2. The van der Waals surface area contributed by atoms with E-state index in [4.69, 9.17) is 0 Å². The third-order valence-electron chi connectivity index (χ3n) is 4.03. The summed E-state index contributed by atoms with van der Waals surface area (Å²) in [7, 11) is 2.02. The predicted molar refractivity (Wildman–Crippen MR) is 78.2 cm³/mol. The van der Waals surface area contributed by atoms with Gasteiger partial charge in [-0.1, -0.05) is 27.7 Å². The van der Waals surface area contributed by atoms with Gasteiger partial charge >= 0.3 is 0 Å². The van der Waals surface area contributed by atoms with Crippen molar-refractivity contribution in [1.82, 2.24) is 9.78 Å². The molecule has 1 unspecified atom stereocenters. The molecule has 98 valence electrons. The first-order valence-electron chi connectivity index (χ1n) is 6.92. The number of benzene rings is 1. The van der Waals surface area contributed by atoms with Crippen LogP contribution >= 0.6 is 0 Å². The van der Waals surface area contributed by atoms with Crippen LogP contribution in [-0.2, 0) is 7.05 Å². The summed E-state index contributed by atoms with van der Waals surface area (Å²) in [4.78, 5) is 0. The lowest BCUT2D eigenvalue weighted by atomic mass is 9.83. The maximum Gasteiger partial charge on any atom is 0.0684 e. The predicted octanol–water partition coefficient (Wildman–Crippen LogP) is 4.52. The van der Waals surface area contributed by atoms with Crippen LogP contribution in [0.15, 0.2) is 12.3 Å². The van der Waals surface area contributed by atoms with E-state index in [2.05, 4.69) is 45.8 Å². The third kappa shape index (κ3) is 1.94. The minimum atomic E-state index is 0.542. The largest absolute Gasteiger partial charge is 0.268 e. The molecule has 0 spiro atoms. The summed E-state index contributed by atoms with van der Waals surface area (Å²) in [5.41, 5.74) is 5.69. The summed E-state index contributed by atoms with van der Waals surface area (Å²) in [6.45, 7) is 11.4. The molecule has 0 fully saturated rings. The van der Waals surface area contributed by atoms with Crippen molar-refractivity contribution in [2.45, 2.75) is 52.9 Å². The molecule has 0 saturated carbocycles. The molecule has 2 heteroatoms. The lowest BCUT2D eigenvalue weighted by Gasteiger charge is -2.21. The SMILES string of the molecule is CCC(C)c1c(C)cc2c(cnn2C)c1C(C)C. The van der Waals surface area contributed by atoms with Gasteiger partial charge in [0, 0.05) is 12.4 Å². The summed E-state index contributed by atoms with van der Waals surface area (Å²) >= 11 is 0. The quantitative estimate of drug-likeness (QED) is 0.776. The molecule has 2 nitrogen and oxygen atoms in total. The molecule has 2 aromatic rings. The van der Waals surface area contributed by atoms with Gasteiger partial charge in [0.1, 0.15) is 0 Å². The Morgan fingerprint density at radius 1 is 1.22 bits per heavy atom. The summed E-state index contributed by atoms with van der Waals surface area (Å²) in [5, 5.41) is 5.75. The van der Waals surface area contributed by atoms with Crippen LogP contribution in [0, 0.1) is 6.92 Å². The van der Waals surface area contributed by atoms with Crippen LogP contribution in [0.4, 0.5) is 0 Å². The molecule has 1 aromatic heterocycles. The van der Waals surface area contributed by atoms with Crippen molar-refractivity contribution in [2.24, 2.45) is 7.05 Å². The Labute approximate surface area is 110 Å². The number of hydrogen-bond donors (Lipinski definition) is 0. The number of rotatable bonds is 3. The van der Waals surface area contributed by atoms with Gasteiger partial charge in [0.2, 0.25) is 0 Å². The van der Waals surface area contributed by atoms with Gasteiger partial charge in [-0.2, -0.15) is 5.10 Å². The maximum absolute atomic E-state index is 4.42. The first-order valence-corrected chi connectivity index (χ1v) is 6.92. The minimum absolute atomic E-state index is 0.542. The van der Waals surface area contributed by atoms with Gasteiger partial charge in [-0.05, 0) is 47.9 Å². The average Bonchev–Trinajstić information content (AvgIpc) is 2.68. The fourth-order valence-corrected chi connectivity index (χ4v) is 2.95. The van der Waals surface area contributed by atoms with Crippen molar-refractivity contribution in [2.75, 3.05) is 0 Å². The second-order valence-electron chi connectivity index (χ2n) is 5.69. The van der Waals surface area contributed by atoms with Gasteiger partial charge < -0.3 is 0 Å². The van der Waals surface area contributed by atoms with Crippen LogP contribution in [0.5, 0.6) is 0 Å². The first-order chi connectivity index (χ1) is 8.47. The molecule has 1 aromatic carbocycles. The Bertz CT molecular complexity index is 564. The Morgan fingerprint density at radius 3 is 2.44 bits per heavy atom. The van der Waals surface area contributed by atoms with Crippen molar-refractivity contribution >= 4 is 10.9 Å². The van der Waals surface area contributed by atoms with Crippen LogP contribution < -0.4 is 0 Å². The molecular weight excluding hydrogens is 220 g/mol. The fourth-order valence-electron chi connectivity index (χ4n) is 2.95. The topological polar surface area (TPSA) is 17.8 Å². The highest BCUT2D eigenvalue weighted by atomic mass is 15.2. The first kappa shape index (κ1) is 13.1. The molecule has 0 aliphatic heterocycles. The number of nitrogens with zero attached hydrogens (tertiary/aromatic N) is 2. The van der Waals surface area contributed by atoms with Gasteiger partial charge in [0.25, 0.3) is 0 Å². The van der Waals surface area contributed by atoms with Gasteiger partial charge in [0.05, 0.1) is 11.7 Å². The highest BCUT2D eigenvalue weighted by molar-refractivity contribution is 5.85. The van der Waals surface area contributed by atoms with E-state index in [1.165, 1.54) is 34.0 Å². The molecule has 0 bridgehead atoms. The molecule has 1 atom stereocenters. The Kier molecular flexibility index (Phi) is 3.47. The maximum atomic E-state index is 4.42. The molecule has 0 saturated heterocycles. The van der Waals surface area contributed by atoms with E-state index in [9.17, 15) is 0 Å². The number of hydrogen-bond acceptors (Lipinski definition) is 1. The van der Waals surface area contributed by atoms with E-state index in [-0.39, 0.29) is 0 Å². The van der Waals surface area contributed by atoms with Gasteiger partial charge in [0.15, 0.2) is 0 Å². The average molecular weight is 244 g/mol. The second kappa shape index (κ2) is 4.75. The molecule has 1 heterocycles. The zero-order chi connectivity index (χ0) is 13.4. The normalized spacial score (nSPS) is 13.5. The minimum Gasteiger partial charge on any atom is -0.268 e. The fraction of sp³-hybridized carbons (Fsp3) is 0.562. The van der Waals surface area contributed by atoms with Crippen molar-refractivity contribution in [3.8, 4) is 0 Å². The van der Waals surface area contributed by atoms with Crippen molar-refractivity contribution in [3.63, 3.8) is 0 Å². The molecule has 0 radical (unpaired) electrons. The molecule has 18 heavy (non-hydrogen) atoms. The van der Waals surface area contributed by atoms with E-state index in [1.54, 1.807) is 0 Å². The Morgan fingerprint density at radius 2 is 1.89 bits per heavy atom. The second-order valence-corrected chi connectivity index (χ2v) is 5.69. The number of fused-ring (bicyclic) bond motifs is 1. The zero-order valence-corrected chi connectivity index (χ0v) is 12.4. The third-order valence-corrected chi connectivity index (χ3v) is 4.03. The van der Waals surface area contributed by atoms with E-state index in [0.717, 1.165) is 0 Å². The van der Waals surface area contributed by atoms with Gasteiger partial charge in [-0.25, -0.2) is 0 Å². The Balaban J connectivity index is 2.84. The molecule has 2 rings (SSSR count). The van der Waals surface area contributed by atoms with E-state index < -0.39 is 0 Å². The molecular formula is C16H24N2. The van der Waals surface area contributed by atoms with Crippen molar-refractivity contribution < 1.29 is 0 Å². The van der Waals surface area contributed by atoms with Crippen LogP contribution in [0.2, 0.25) is 0 Å². The highest BCUT2D eigenvalue weighted by Gasteiger charge is 2.19. The van der Waals surface area contributed by atoms with Gasteiger partial charge in [-0.3, -0.25) is 4.68 Å². The highest BCUT2D eigenvalue weighted by Crippen LogP contribution is 2.36. The van der Waals surface area contributed by atoms with E-state index in [0.29, 0.717) is 11.8 Å². The monoisotopic (exact) mass is 244 g/mol. The zero-order valence-electron chi connectivity index (χ0n) is 12.4. The smallest absolute Gasteiger partial charge is 0.0684 e. The van der Waals surface area contributed by atoms with Crippen LogP contribution in [0.3, 0.4) is 0 Å². The van der Waals surface area contributed by atoms with Crippen LogP contribution in [0.1, 0.15) is 62.6 Å². The van der Waals surface area contributed by atoms with E-state index >= 15 is 0 Å². The lowest BCUT2D eigenvalue weighted by molar-refractivity contribution is 0.705. The summed E-state index contributed by atoms with van der Waals surface area (Å²) < 4.78 is 1.98. The molecule has 0 N–H and O–H groups in total. The summed E-state index contributed by atoms with van der Waals surface area (Å²) in [6, 6.07) is 2.29. The van der Waals surface area contributed by atoms with Crippen molar-refractivity contribution in [1.29, 1.82) is 0 Å². The van der Waals surface area contributed by atoms with Crippen molar-refractivity contribution in [3.05, 3.63) is 29.0 Å². The lowest BCUT2D eigenvalue weighted by Crippen LogP contribution is -2.04. The van der Waals surface area contributed by atoms with Crippen LogP contribution in [0.25, 0.3) is 10.9 Å². The molecule has 0 aliphatic rings. The molecule has 0 aliphatic carbocycles. The van der Waals surface area contributed by atoms with Crippen LogP contribution in [-0.4, -0.2) is 9.78 Å². The number of aromatic nitrogens is 2. The van der Waals surface area contributed by atoms with E-state index in [1.807, 2.05) is 17.9 Å². The summed E-state index contributed by atoms with van der Waals surface area (Å²) in [6.07, 6.45) is 3.21. The summed E-state index contributed by atoms with van der Waals surface area (Å²) in [5.74, 6) is 1.16. The Hall–Kier alpha value is -1.31.